The molecule has 1 aliphatic rings. The number of nitro groups is 1. The van der Waals surface area contributed by atoms with Crippen molar-refractivity contribution in [1.82, 2.24) is 29.9 Å². The van der Waals surface area contributed by atoms with Crippen LogP contribution < -0.4 is 15.1 Å². The number of hydrogen-bond donors (Lipinski definition) is 1. The number of nitro benzene ring substituents is 1. The van der Waals surface area contributed by atoms with Crippen LogP contribution in [-0.2, 0) is 0 Å². The van der Waals surface area contributed by atoms with E-state index in [0.29, 0.717) is 46.0 Å². The van der Waals surface area contributed by atoms with E-state index < -0.39 is 0 Å². The van der Waals surface area contributed by atoms with Crippen molar-refractivity contribution >= 4 is 94.8 Å². The Bertz CT molecular complexity index is 4610. The highest BCUT2D eigenvalue weighted by atomic mass is 16.6. The Morgan fingerprint density at radius 1 is 0.390 bits per heavy atom. The first-order valence-corrected chi connectivity index (χ1v) is 26.8. The highest BCUT2D eigenvalue weighted by Crippen LogP contribution is 2.52. The normalized spacial score (nSPS) is 11.6. The van der Waals surface area contributed by atoms with E-state index in [2.05, 4.69) is 83.0 Å². The first-order valence-electron chi connectivity index (χ1n) is 26.8. The second-order valence-electron chi connectivity index (χ2n) is 19.6. The molecule has 0 radical (unpaired) electrons. The maximum atomic E-state index is 12.5. The van der Waals surface area contributed by atoms with Gasteiger partial charge in [-0.1, -0.05) is 237 Å². The number of benzene rings is 12. The van der Waals surface area contributed by atoms with Crippen LogP contribution in [0.25, 0.3) is 88.6 Å². The van der Waals surface area contributed by atoms with Crippen LogP contribution in [0, 0.1) is 10.1 Å². The molecule has 12 heteroatoms. The molecule has 14 aromatic rings. The van der Waals surface area contributed by atoms with E-state index in [1.54, 1.807) is 17.0 Å². The van der Waals surface area contributed by atoms with E-state index >= 15 is 0 Å². The van der Waals surface area contributed by atoms with Crippen LogP contribution in [0.4, 0.5) is 51.7 Å². The number of nitrogens with zero attached hydrogens (tertiary/aromatic N) is 9. The van der Waals surface area contributed by atoms with Gasteiger partial charge in [-0.15, -0.1) is 0 Å². The second-order valence-corrected chi connectivity index (χ2v) is 19.6. The number of nitrogens with one attached hydrogen (secondary N) is 1. The fourth-order valence-corrected chi connectivity index (χ4v) is 10.7. The van der Waals surface area contributed by atoms with Crippen LogP contribution in [0.5, 0.6) is 0 Å². The summed E-state index contributed by atoms with van der Waals surface area (Å²) in [4.78, 5) is 46.1. The predicted octanol–water partition coefficient (Wildman–Crippen LogP) is 17.9. The Kier molecular flexibility index (Phi) is 12.5. The van der Waals surface area contributed by atoms with Gasteiger partial charge in [0.25, 0.3) is 5.69 Å². The Morgan fingerprint density at radius 3 is 1.38 bits per heavy atom. The highest BCUT2D eigenvalue weighted by Gasteiger charge is 2.31. The van der Waals surface area contributed by atoms with Gasteiger partial charge in [-0.25, -0.2) is 9.97 Å². The molecule has 0 bridgehead atoms. The molecular weight excluding hydrogens is 1010 g/mol. The van der Waals surface area contributed by atoms with Crippen molar-refractivity contribution in [2.75, 3.05) is 15.1 Å². The zero-order valence-electron chi connectivity index (χ0n) is 43.8. The van der Waals surface area contributed by atoms with Gasteiger partial charge in [0.05, 0.1) is 33.4 Å². The smallest absolute Gasteiger partial charge is 0.293 e. The molecule has 12 aromatic carbocycles. The monoisotopic (exact) mass is 1060 g/mol. The SMILES string of the molecule is O=[N+]([O-])c1ccc2ccccc2c1N(c1ccc2ccccc2c1)c1nc(-c2ccccc2)nc(-c2ccccc2)n1.c1ccc(-c2nc(-c3ccccc3)nc(N3c4ccc5ccccc5c4Nc4ccc5ccccc5c43)n2)cc1. The van der Waals surface area contributed by atoms with Crippen LogP contribution in [0.1, 0.15) is 0 Å². The van der Waals surface area contributed by atoms with Crippen LogP contribution in [0.15, 0.2) is 273 Å². The fraction of sp³-hybridized carbons (Fsp3) is 0. The van der Waals surface area contributed by atoms with Crippen molar-refractivity contribution in [3.05, 3.63) is 283 Å². The number of anilines is 8. The molecule has 0 aliphatic carbocycles. The summed E-state index contributed by atoms with van der Waals surface area (Å²) in [6.07, 6.45) is 0. The van der Waals surface area contributed by atoms with Gasteiger partial charge in [0.1, 0.15) is 5.69 Å². The third-order valence-electron chi connectivity index (χ3n) is 14.6. The predicted molar refractivity (Wildman–Crippen MR) is 331 cm³/mol. The van der Waals surface area contributed by atoms with E-state index in [4.69, 9.17) is 29.9 Å². The van der Waals surface area contributed by atoms with E-state index in [1.165, 1.54) is 5.39 Å². The molecule has 0 saturated heterocycles. The summed E-state index contributed by atoms with van der Waals surface area (Å²) in [5.74, 6) is 3.04. The lowest BCUT2D eigenvalue weighted by Crippen LogP contribution is -2.21. The molecule has 0 atom stereocenters. The molecule has 0 spiro atoms. The topological polar surface area (TPSA) is 139 Å². The van der Waals surface area contributed by atoms with Gasteiger partial charge in [0.15, 0.2) is 23.3 Å². The maximum Gasteiger partial charge on any atom is 0.293 e. The van der Waals surface area contributed by atoms with E-state index in [9.17, 15) is 10.1 Å². The van der Waals surface area contributed by atoms with Crippen molar-refractivity contribution in [2.45, 2.75) is 0 Å². The highest BCUT2D eigenvalue weighted by molar-refractivity contribution is 6.14. The molecule has 82 heavy (non-hydrogen) atoms. The summed E-state index contributed by atoms with van der Waals surface area (Å²) < 4.78 is 0. The minimum atomic E-state index is -0.354. The molecule has 0 fully saturated rings. The molecule has 0 unspecified atom stereocenters. The van der Waals surface area contributed by atoms with Gasteiger partial charge in [0.2, 0.25) is 11.9 Å². The molecule has 0 amide bonds. The Hall–Kier alpha value is -11.5. The van der Waals surface area contributed by atoms with Crippen molar-refractivity contribution in [2.24, 2.45) is 0 Å². The zero-order valence-corrected chi connectivity index (χ0v) is 43.8. The summed E-state index contributed by atoms with van der Waals surface area (Å²) >= 11 is 0. The van der Waals surface area contributed by atoms with Gasteiger partial charge >= 0.3 is 0 Å². The molecule has 12 nitrogen and oxygen atoms in total. The first kappa shape index (κ1) is 48.8. The Labute approximate surface area is 471 Å². The molecule has 1 N–H and O–H groups in total. The van der Waals surface area contributed by atoms with Crippen LogP contribution >= 0.6 is 0 Å². The maximum absolute atomic E-state index is 12.5. The third-order valence-corrected chi connectivity index (χ3v) is 14.6. The van der Waals surface area contributed by atoms with E-state index in [0.717, 1.165) is 77.3 Å². The Morgan fingerprint density at radius 2 is 0.817 bits per heavy atom. The van der Waals surface area contributed by atoms with Crippen LogP contribution in [0.2, 0.25) is 0 Å². The quantitative estimate of drug-likeness (QED) is 0.109. The number of rotatable bonds is 9. The fourth-order valence-electron chi connectivity index (χ4n) is 10.7. The molecule has 0 saturated carbocycles. The average molecular weight is 1060 g/mol. The van der Waals surface area contributed by atoms with Crippen LogP contribution in [0.3, 0.4) is 0 Å². The average Bonchev–Trinajstić information content (AvgIpc) is 3.59. The summed E-state index contributed by atoms with van der Waals surface area (Å²) in [5, 5.41) is 24.5. The largest absolute Gasteiger partial charge is 0.352 e. The lowest BCUT2D eigenvalue weighted by atomic mass is 10.00. The molecule has 15 rings (SSSR count). The van der Waals surface area contributed by atoms with Gasteiger partial charge in [-0.05, 0) is 57.3 Å². The van der Waals surface area contributed by atoms with Gasteiger partial charge in [-0.2, -0.15) is 19.9 Å². The summed E-state index contributed by atoms with van der Waals surface area (Å²) in [5.41, 5.74) is 8.57. The molecular formula is C70H46N10O2. The Balaban J connectivity index is 0.000000147. The number of hydrogen-bond acceptors (Lipinski definition) is 11. The minimum absolute atomic E-state index is 0.0511. The standard InChI is InChI=1S/C35H23N5O2.C35H23N5/c41-40(42)31-22-20-25-12-9-10-18-30(25)32(31)39(29-21-19-24-11-7-8-17-28(24)23-29)35-37-33(26-13-3-1-4-14-26)36-34(38-35)27-15-5-2-6-16-27;1-3-13-25(14-4-1)33-37-34(26-15-5-2-6-16-26)39-35(38-33)40-30-22-20-23-11-7-9-17-27(23)31(30)36-29-21-19-24-12-8-10-18-28(24)32(29)40/h1-23H;1-22,36H. The lowest BCUT2D eigenvalue weighted by Gasteiger charge is -2.34. The van der Waals surface area contributed by atoms with E-state index in [1.807, 2.05) is 188 Å². The molecule has 1 aliphatic heterocycles. The summed E-state index contributed by atoms with van der Waals surface area (Å²) in [6, 6.07) is 90.0. The van der Waals surface area contributed by atoms with Gasteiger partial charge in [0, 0.05) is 44.5 Å². The van der Waals surface area contributed by atoms with Crippen molar-refractivity contribution in [1.29, 1.82) is 0 Å². The van der Waals surface area contributed by atoms with E-state index in [-0.39, 0.29) is 16.6 Å². The van der Waals surface area contributed by atoms with Crippen LogP contribution in [-0.4, -0.2) is 34.8 Å². The molecule has 388 valence electrons. The van der Waals surface area contributed by atoms with Crippen molar-refractivity contribution in [3.8, 4) is 45.6 Å². The van der Waals surface area contributed by atoms with Gasteiger partial charge < -0.3 is 5.32 Å². The van der Waals surface area contributed by atoms with Crippen molar-refractivity contribution in [3.63, 3.8) is 0 Å². The number of fused-ring (bicyclic) bond motifs is 8. The summed E-state index contributed by atoms with van der Waals surface area (Å²) in [7, 11) is 0. The molecule has 3 heterocycles. The lowest BCUT2D eigenvalue weighted by molar-refractivity contribution is -0.383. The second kappa shape index (κ2) is 21.0. The third kappa shape index (κ3) is 9.17. The summed E-state index contributed by atoms with van der Waals surface area (Å²) in [6.45, 7) is 0. The zero-order chi connectivity index (χ0) is 54.9. The molecule has 2 aromatic heterocycles. The minimum Gasteiger partial charge on any atom is -0.352 e. The van der Waals surface area contributed by atoms with Gasteiger partial charge in [-0.3, -0.25) is 19.9 Å². The number of aromatic nitrogens is 6. The van der Waals surface area contributed by atoms with Crippen molar-refractivity contribution < 1.29 is 4.92 Å². The first-order chi connectivity index (χ1) is 40.5.